The summed E-state index contributed by atoms with van der Waals surface area (Å²) in [4.78, 5) is 2.56. The Labute approximate surface area is 203 Å². The first-order chi connectivity index (χ1) is 15.9. The first kappa shape index (κ1) is 23.7. The molecule has 33 heavy (non-hydrogen) atoms. The first-order valence-corrected chi connectivity index (χ1v) is 12.3. The summed E-state index contributed by atoms with van der Waals surface area (Å²) in [6, 6.07) is 15.4. The molecule has 2 atom stereocenters. The van der Waals surface area contributed by atoms with Crippen molar-refractivity contribution in [1.82, 2.24) is 9.91 Å². The molecule has 5 N–H and O–H groups in total. The maximum atomic E-state index is 6.44. The van der Waals surface area contributed by atoms with Crippen LogP contribution in [0.2, 0.25) is 5.02 Å². The lowest BCUT2D eigenvalue weighted by atomic mass is 9.90. The molecule has 0 aromatic heterocycles. The van der Waals surface area contributed by atoms with Gasteiger partial charge in [0.25, 0.3) is 0 Å². The van der Waals surface area contributed by atoms with E-state index in [1.807, 2.05) is 31.2 Å². The minimum absolute atomic E-state index is 0.116. The lowest BCUT2D eigenvalue weighted by Crippen LogP contribution is -2.36. The fraction of sp³-hybridized carbons (Fsp3) is 0.407. The zero-order valence-corrected chi connectivity index (χ0v) is 20.7. The molecule has 0 aliphatic carbocycles. The van der Waals surface area contributed by atoms with E-state index in [4.69, 9.17) is 23.2 Å². The number of rotatable bonds is 5. The Hall–Kier alpha value is -2.47. The molecule has 4 rings (SSSR count). The molecule has 2 aromatic carbocycles. The summed E-state index contributed by atoms with van der Waals surface area (Å²) < 4.78 is 0. The SMILES string of the molecule is CCC(C)N1CC=C(c2ccc3c(c2)C(Nc2ccc(Cl)cc2)CCN(N)/C3=C(/C)N)CC1. The van der Waals surface area contributed by atoms with E-state index in [9.17, 15) is 0 Å². The van der Waals surface area contributed by atoms with Crippen molar-refractivity contribution in [2.75, 3.05) is 25.0 Å². The van der Waals surface area contributed by atoms with Crippen LogP contribution in [-0.4, -0.2) is 35.6 Å². The summed E-state index contributed by atoms with van der Waals surface area (Å²) in [5.74, 6) is 6.44. The maximum Gasteiger partial charge on any atom is 0.0777 e. The van der Waals surface area contributed by atoms with Crippen molar-refractivity contribution in [3.05, 3.63) is 76.0 Å². The van der Waals surface area contributed by atoms with Crippen molar-refractivity contribution in [1.29, 1.82) is 0 Å². The summed E-state index contributed by atoms with van der Waals surface area (Å²) in [7, 11) is 0. The zero-order valence-electron chi connectivity index (χ0n) is 19.9. The van der Waals surface area contributed by atoms with Crippen LogP contribution >= 0.6 is 11.6 Å². The second kappa shape index (κ2) is 10.2. The van der Waals surface area contributed by atoms with E-state index in [0.717, 1.165) is 53.6 Å². The van der Waals surface area contributed by atoms with Crippen LogP contribution in [0.3, 0.4) is 0 Å². The third kappa shape index (κ3) is 5.21. The fourth-order valence-corrected chi connectivity index (χ4v) is 5.02. The molecule has 2 unspecified atom stereocenters. The van der Waals surface area contributed by atoms with Gasteiger partial charge in [0.1, 0.15) is 0 Å². The largest absolute Gasteiger partial charge is 0.401 e. The summed E-state index contributed by atoms with van der Waals surface area (Å²) >= 11 is 6.10. The molecule has 2 aliphatic heterocycles. The second-order valence-electron chi connectivity index (χ2n) is 9.25. The van der Waals surface area contributed by atoms with Crippen LogP contribution in [0, 0.1) is 0 Å². The Kier molecular flexibility index (Phi) is 7.32. The molecular formula is C27H36ClN5. The molecule has 176 valence electrons. The summed E-state index contributed by atoms with van der Waals surface area (Å²) in [6.45, 7) is 9.33. The lowest BCUT2D eigenvalue weighted by molar-refractivity contribution is 0.225. The molecule has 6 heteroatoms. The molecule has 0 fully saturated rings. The molecule has 2 heterocycles. The summed E-state index contributed by atoms with van der Waals surface area (Å²) in [5, 5.41) is 6.24. The highest BCUT2D eigenvalue weighted by Gasteiger charge is 2.27. The summed E-state index contributed by atoms with van der Waals surface area (Å²) in [6.07, 6.45) is 5.52. The quantitative estimate of drug-likeness (QED) is 0.501. The molecule has 0 amide bonds. The number of nitrogens with one attached hydrogen (secondary N) is 1. The van der Waals surface area contributed by atoms with Gasteiger partial charge in [0.2, 0.25) is 0 Å². The normalized spacial score (nSPS) is 21.7. The van der Waals surface area contributed by atoms with Crippen molar-refractivity contribution >= 4 is 28.6 Å². The number of nitrogens with two attached hydrogens (primary N) is 2. The minimum Gasteiger partial charge on any atom is -0.401 e. The van der Waals surface area contributed by atoms with E-state index in [-0.39, 0.29) is 6.04 Å². The lowest BCUT2D eigenvalue weighted by Gasteiger charge is -2.31. The highest BCUT2D eigenvalue weighted by atomic mass is 35.5. The van der Waals surface area contributed by atoms with E-state index in [1.54, 1.807) is 5.01 Å². The van der Waals surface area contributed by atoms with E-state index < -0.39 is 0 Å². The van der Waals surface area contributed by atoms with Crippen LogP contribution in [-0.2, 0) is 0 Å². The Morgan fingerprint density at radius 2 is 1.94 bits per heavy atom. The number of anilines is 1. The predicted molar refractivity (Wildman–Crippen MR) is 140 cm³/mol. The highest BCUT2D eigenvalue weighted by Crippen LogP contribution is 2.37. The molecule has 0 saturated carbocycles. The van der Waals surface area contributed by atoms with Gasteiger partial charge in [0.05, 0.1) is 11.7 Å². The van der Waals surface area contributed by atoms with Crippen LogP contribution in [0.15, 0.2) is 54.2 Å². The first-order valence-electron chi connectivity index (χ1n) is 12.0. The number of hydrogen-bond donors (Lipinski definition) is 3. The molecule has 0 radical (unpaired) electrons. The van der Waals surface area contributed by atoms with Crippen LogP contribution in [0.5, 0.6) is 0 Å². The van der Waals surface area contributed by atoms with Gasteiger partial charge in [0.15, 0.2) is 0 Å². The average molecular weight is 466 g/mol. The van der Waals surface area contributed by atoms with Crippen molar-refractivity contribution in [3.63, 3.8) is 0 Å². The van der Waals surface area contributed by atoms with Crippen molar-refractivity contribution in [3.8, 4) is 0 Å². The van der Waals surface area contributed by atoms with E-state index in [1.165, 1.54) is 23.1 Å². The maximum absolute atomic E-state index is 6.44. The molecule has 2 aliphatic rings. The highest BCUT2D eigenvalue weighted by molar-refractivity contribution is 6.30. The van der Waals surface area contributed by atoms with Crippen LogP contribution in [0.4, 0.5) is 5.69 Å². The molecule has 0 saturated heterocycles. The standard InChI is InChI=1S/C27H36ClN5/c1-4-18(2)32-14-11-20(12-15-32)21-5-10-24-25(17-21)26(13-16-33(30)27(24)19(3)29)31-23-8-6-22(28)7-9-23/h5-11,17-18,26,31H,4,12-16,29-30H2,1-3H3/b27-19-. The van der Waals surface area contributed by atoms with Crippen molar-refractivity contribution in [2.45, 2.75) is 52.1 Å². The summed E-state index contributed by atoms with van der Waals surface area (Å²) in [5.41, 5.74) is 14.0. The molecular weight excluding hydrogens is 430 g/mol. The van der Waals surface area contributed by atoms with Crippen LogP contribution < -0.4 is 16.9 Å². The van der Waals surface area contributed by atoms with Gasteiger partial charge in [0, 0.05) is 47.6 Å². The Bertz CT molecular complexity index is 1040. The number of nitrogens with zero attached hydrogens (tertiary/aromatic N) is 2. The second-order valence-corrected chi connectivity index (χ2v) is 9.69. The Morgan fingerprint density at radius 1 is 1.18 bits per heavy atom. The number of benzene rings is 2. The zero-order chi connectivity index (χ0) is 23.5. The van der Waals surface area contributed by atoms with E-state index >= 15 is 0 Å². The number of hydrogen-bond acceptors (Lipinski definition) is 5. The van der Waals surface area contributed by atoms with Gasteiger partial charge in [-0.3, -0.25) is 4.90 Å². The van der Waals surface area contributed by atoms with Gasteiger partial charge in [-0.1, -0.05) is 36.7 Å². The van der Waals surface area contributed by atoms with Crippen LogP contribution in [0.1, 0.15) is 62.8 Å². The number of hydrazine groups is 1. The van der Waals surface area contributed by atoms with Gasteiger partial charge in [-0.25, -0.2) is 5.84 Å². The Balaban J connectivity index is 1.71. The number of allylic oxidation sites excluding steroid dienone is 1. The topological polar surface area (TPSA) is 70.5 Å². The van der Waals surface area contributed by atoms with Crippen molar-refractivity contribution < 1.29 is 0 Å². The number of halogens is 1. The van der Waals surface area contributed by atoms with Gasteiger partial charge in [-0.15, -0.1) is 0 Å². The monoisotopic (exact) mass is 465 g/mol. The smallest absolute Gasteiger partial charge is 0.0777 e. The third-order valence-corrected chi connectivity index (χ3v) is 7.26. The third-order valence-electron chi connectivity index (χ3n) is 7.01. The Morgan fingerprint density at radius 3 is 2.58 bits per heavy atom. The molecule has 0 spiro atoms. The fourth-order valence-electron chi connectivity index (χ4n) is 4.90. The predicted octanol–water partition coefficient (Wildman–Crippen LogP) is 5.61. The van der Waals surface area contributed by atoms with Gasteiger partial charge in [-0.05, 0) is 80.1 Å². The molecule has 0 bridgehead atoms. The van der Waals surface area contributed by atoms with E-state index in [0.29, 0.717) is 12.6 Å². The van der Waals surface area contributed by atoms with Gasteiger partial charge in [-0.2, -0.15) is 0 Å². The van der Waals surface area contributed by atoms with Crippen LogP contribution in [0.25, 0.3) is 11.3 Å². The number of fused-ring (bicyclic) bond motifs is 1. The molecule has 5 nitrogen and oxygen atoms in total. The van der Waals surface area contributed by atoms with Gasteiger partial charge < -0.3 is 16.1 Å². The molecule has 2 aromatic rings. The van der Waals surface area contributed by atoms with Gasteiger partial charge >= 0.3 is 0 Å². The van der Waals surface area contributed by atoms with Crippen molar-refractivity contribution in [2.24, 2.45) is 11.6 Å². The van der Waals surface area contributed by atoms with E-state index in [2.05, 4.69) is 48.3 Å². The average Bonchev–Trinajstić information content (AvgIpc) is 2.96. The minimum atomic E-state index is 0.116.